The number of amidine groups is 2. The topological polar surface area (TPSA) is 54.8 Å². The van der Waals surface area contributed by atoms with Gasteiger partial charge in [-0.1, -0.05) is 141 Å². The van der Waals surface area contributed by atoms with Gasteiger partial charge in [0.1, 0.15) is 23.2 Å². The van der Waals surface area contributed by atoms with Gasteiger partial charge in [-0.3, -0.25) is 0 Å². The summed E-state index contributed by atoms with van der Waals surface area (Å²) in [6.45, 7) is 4.64. The number of hydrogen-bond donors (Lipinski definition) is 1. The van der Waals surface area contributed by atoms with E-state index in [1.54, 1.807) is 0 Å². The molecule has 2 aromatic heterocycles. The summed E-state index contributed by atoms with van der Waals surface area (Å²) in [6, 6.07) is 64.8. The summed E-state index contributed by atoms with van der Waals surface area (Å²) < 4.78 is 8.65. The molecule has 59 heavy (non-hydrogen) atoms. The molecule has 1 atom stereocenters. The highest BCUT2D eigenvalue weighted by Gasteiger charge is 2.36. The lowest BCUT2D eigenvalue weighted by Crippen LogP contribution is -2.33. The Morgan fingerprint density at radius 3 is 2.08 bits per heavy atom. The van der Waals surface area contributed by atoms with E-state index in [4.69, 9.17) is 14.4 Å². The predicted octanol–water partition coefficient (Wildman–Crippen LogP) is 13.2. The summed E-state index contributed by atoms with van der Waals surface area (Å²) in [5.41, 5.74) is 15.7. The van der Waals surface area contributed by atoms with Gasteiger partial charge in [0.05, 0.1) is 11.0 Å². The molecule has 1 aliphatic heterocycles. The summed E-state index contributed by atoms with van der Waals surface area (Å²) in [6.07, 6.45) is -0.288. The van der Waals surface area contributed by atoms with Crippen LogP contribution in [-0.4, -0.2) is 16.2 Å². The van der Waals surface area contributed by atoms with E-state index < -0.39 is 0 Å². The number of hydrogen-bond acceptors (Lipinski definition) is 4. The Balaban J connectivity index is 0.967. The van der Waals surface area contributed by atoms with Crippen LogP contribution in [0.2, 0.25) is 0 Å². The third-order valence-electron chi connectivity index (χ3n) is 12.5. The summed E-state index contributed by atoms with van der Waals surface area (Å²) in [5.74, 6) is 1.52. The maximum atomic E-state index is 6.28. The van der Waals surface area contributed by atoms with Crippen molar-refractivity contribution < 1.29 is 4.42 Å². The highest BCUT2D eigenvalue weighted by atomic mass is 16.3. The van der Waals surface area contributed by atoms with Crippen molar-refractivity contribution in [2.24, 2.45) is 9.98 Å². The quantitative estimate of drug-likeness (QED) is 0.190. The van der Waals surface area contributed by atoms with Crippen molar-refractivity contribution in [3.63, 3.8) is 0 Å². The molecule has 10 aromatic rings. The third kappa shape index (κ3) is 5.18. The number of aromatic nitrogens is 1. The van der Waals surface area contributed by atoms with Crippen molar-refractivity contribution in [2.45, 2.75) is 25.4 Å². The Kier molecular flexibility index (Phi) is 7.27. The zero-order valence-corrected chi connectivity index (χ0v) is 32.6. The lowest BCUT2D eigenvalue weighted by Gasteiger charge is -2.25. The molecule has 5 nitrogen and oxygen atoms in total. The van der Waals surface area contributed by atoms with Gasteiger partial charge in [0.15, 0.2) is 5.84 Å². The van der Waals surface area contributed by atoms with Crippen LogP contribution in [0.1, 0.15) is 47.8 Å². The van der Waals surface area contributed by atoms with Crippen molar-refractivity contribution in [1.82, 2.24) is 9.88 Å². The van der Waals surface area contributed by atoms with Crippen LogP contribution >= 0.6 is 0 Å². The Hall–Kier alpha value is -7.50. The molecule has 0 bridgehead atoms. The smallest absolute Gasteiger partial charge is 0.159 e. The molecule has 0 fully saturated rings. The number of nitrogens with zero attached hydrogens (tertiary/aromatic N) is 3. The minimum absolute atomic E-state index is 0.114. The second kappa shape index (κ2) is 12.8. The molecule has 0 spiro atoms. The van der Waals surface area contributed by atoms with Crippen LogP contribution in [0.4, 0.5) is 0 Å². The van der Waals surface area contributed by atoms with E-state index in [0.717, 1.165) is 72.3 Å². The van der Waals surface area contributed by atoms with Crippen LogP contribution in [0.5, 0.6) is 0 Å². The van der Waals surface area contributed by atoms with E-state index >= 15 is 0 Å². The monoisotopic (exact) mass is 758 g/mol. The molecule has 0 amide bonds. The van der Waals surface area contributed by atoms with E-state index in [1.807, 2.05) is 18.2 Å². The van der Waals surface area contributed by atoms with E-state index in [2.05, 4.69) is 188 Å². The number of nitrogens with one attached hydrogen (secondary N) is 1. The van der Waals surface area contributed by atoms with Gasteiger partial charge >= 0.3 is 0 Å². The largest absolute Gasteiger partial charge is 0.456 e. The van der Waals surface area contributed by atoms with Gasteiger partial charge in [-0.2, -0.15) is 0 Å². The van der Waals surface area contributed by atoms with Crippen molar-refractivity contribution in [3.05, 3.63) is 210 Å². The Bertz CT molecular complexity index is 3380. The highest BCUT2D eigenvalue weighted by molar-refractivity contribution is 6.16. The number of benzene rings is 8. The molecule has 1 unspecified atom stereocenters. The SMILES string of the molecule is CC1(C)c2ccccc2-c2ccc(C3=NC(c4ccc(-n5c6ccccc6c6ccc(-c7cccc8oc9ccccc9c78)cc65)cc4)=NC(c4ccccc4)N3)cc21. The molecule has 280 valence electrons. The second-order valence-electron chi connectivity index (χ2n) is 16.2. The average Bonchev–Trinajstić information content (AvgIpc) is 3.92. The Morgan fingerprint density at radius 1 is 0.525 bits per heavy atom. The van der Waals surface area contributed by atoms with Gasteiger partial charge in [0.25, 0.3) is 0 Å². The van der Waals surface area contributed by atoms with Crippen LogP contribution in [0.3, 0.4) is 0 Å². The molecular weight excluding hydrogens is 721 g/mol. The minimum atomic E-state index is -0.288. The van der Waals surface area contributed by atoms with Crippen LogP contribution in [-0.2, 0) is 5.41 Å². The fraction of sp³-hybridized carbons (Fsp3) is 0.0741. The van der Waals surface area contributed by atoms with Crippen LogP contribution in [0.25, 0.3) is 71.7 Å². The Labute approximate surface area is 341 Å². The van der Waals surface area contributed by atoms with Crippen molar-refractivity contribution in [3.8, 4) is 27.9 Å². The maximum Gasteiger partial charge on any atom is 0.159 e. The highest BCUT2D eigenvalue weighted by Crippen LogP contribution is 2.49. The number of fused-ring (bicyclic) bond motifs is 9. The molecule has 8 aromatic carbocycles. The van der Waals surface area contributed by atoms with Crippen LogP contribution in [0, 0.1) is 0 Å². The van der Waals surface area contributed by atoms with Crippen molar-refractivity contribution >= 4 is 55.4 Å². The summed E-state index contributed by atoms with van der Waals surface area (Å²) in [4.78, 5) is 10.5. The molecule has 5 heteroatoms. The predicted molar refractivity (Wildman–Crippen MR) is 243 cm³/mol. The van der Waals surface area contributed by atoms with Gasteiger partial charge in [0, 0.05) is 43.8 Å². The fourth-order valence-corrected chi connectivity index (χ4v) is 9.57. The van der Waals surface area contributed by atoms with Gasteiger partial charge in [-0.05, 0) is 93.5 Å². The first-order valence-electron chi connectivity index (χ1n) is 20.3. The minimum Gasteiger partial charge on any atom is -0.456 e. The van der Waals surface area contributed by atoms with E-state index in [1.165, 1.54) is 33.0 Å². The molecule has 1 aliphatic carbocycles. The molecule has 3 heterocycles. The van der Waals surface area contributed by atoms with Crippen molar-refractivity contribution in [2.75, 3.05) is 0 Å². The second-order valence-corrected chi connectivity index (χ2v) is 16.2. The van der Waals surface area contributed by atoms with E-state index in [0.29, 0.717) is 5.84 Å². The van der Waals surface area contributed by atoms with Gasteiger partial charge in [-0.25, -0.2) is 9.98 Å². The number of furan rings is 1. The first-order chi connectivity index (χ1) is 29.0. The molecular formula is C54H38N4O. The fourth-order valence-electron chi connectivity index (χ4n) is 9.57. The zero-order chi connectivity index (χ0) is 39.2. The molecule has 2 aliphatic rings. The summed E-state index contributed by atoms with van der Waals surface area (Å²) in [5, 5.41) is 8.38. The van der Waals surface area contributed by atoms with E-state index in [9.17, 15) is 0 Å². The van der Waals surface area contributed by atoms with Crippen LogP contribution in [0.15, 0.2) is 196 Å². The number of aliphatic imine (C=N–C) groups is 2. The maximum absolute atomic E-state index is 6.28. The van der Waals surface area contributed by atoms with Crippen LogP contribution < -0.4 is 5.32 Å². The zero-order valence-electron chi connectivity index (χ0n) is 32.6. The molecule has 0 saturated heterocycles. The molecule has 1 N–H and O–H groups in total. The normalized spacial score (nSPS) is 15.6. The standard InChI is InChI=1S/C54H38N4O/c1-54(2)44-19-9-6-15-39(44)40-29-26-36(31-45(40)54)53-56-51(33-13-4-3-5-14-33)55-52(57-53)34-23-27-37(28-24-34)58-46-20-10-7-16-41(46)42-30-25-35(32-47(42)58)38-18-12-22-49-50(38)43-17-8-11-21-48(43)59-49/h3-32,51H,1-2H3,(H,55,56,57). The lowest BCUT2D eigenvalue weighted by atomic mass is 9.82. The molecule has 0 saturated carbocycles. The molecule has 0 radical (unpaired) electrons. The summed E-state index contributed by atoms with van der Waals surface area (Å²) >= 11 is 0. The Morgan fingerprint density at radius 2 is 1.20 bits per heavy atom. The van der Waals surface area contributed by atoms with E-state index in [-0.39, 0.29) is 11.6 Å². The third-order valence-corrected chi connectivity index (χ3v) is 12.5. The lowest BCUT2D eigenvalue weighted by molar-refractivity contribution is 0.658. The van der Waals surface area contributed by atoms with Gasteiger partial charge < -0.3 is 14.3 Å². The first kappa shape index (κ1) is 33.6. The molecule has 12 rings (SSSR count). The summed E-state index contributed by atoms with van der Waals surface area (Å²) in [7, 11) is 0. The average molecular weight is 759 g/mol. The number of rotatable bonds is 5. The van der Waals surface area contributed by atoms with Crippen molar-refractivity contribution in [1.29, 1.82) is 0 Å². The van der Waals surface area contributed by atoms with Gasteiger partial charge in [-0.15, -0.1) is 0 Å². The first-order valence-corrected chi connectivity index (χ1v) is 20.3. The number of para-hydroxylation sites is 2. The van der Waals surface area contributed by atoms with Gasteiger partial charge in [0.2, 0.25) is 0 Å².